The second-order valence-electron chi connectivity index (χ2n) is 5.48. The van der Waals surface area contributed by atoms with Gasteiger partial charge in [-0.05, 0) is 23.9 Å². The third kappa shape index (κ3) is 5.50. The molecule has 1 aromatic carbocycles. The van der Waals surface area contributed by atoms with Crippen molar-refractivity contribution in [3.8, 4) is 0 Å². The number of amides is 1. The SMILES string of the molecule is COC(=O)/C=C1/S/C(=N\N=Cc2ccc(S(C)(=O)=O)cc2S(C)(=O)=O)NC1=O. The number of thioether (sulfide) groups is 1. The maximum atomic E-state index is 12.0. The fraction of sp³-hybridized carbons (Fsp3) is 0.200. The van der Waals surface area contributed by atoms with Gasteiger partial charge in [0.05, 0.1) is 28.0 Å². The normalized spacial score (nSPS) is 18.0. The van der Waals surface area contributed by atoms with Crippen LogP contribution in [0.2, 0.25) is 0 Å². The summed E-state index contributed by atoms with van der Waals surface area (Å²) in [6, 6.07) is 3.59. The van der Waals surface area contributed by atoms with Crippen LogP contribution < -0.4 is 5.32 Å². The zero-order valence-electron chi connectivity index (χ0n) is 14.9. The largest absolute Gasteiger partial charge is 0.466 e. The second kappa shape index (κ2) is 8.24. The van der Waals surface area contributed by atoms with Crippen molar-refractivity contribution in [3.63, 3.8) is 0 Å². The van der Waals surface area contributed by atoms with Gasteiger partial charge in [-0.2, -0.15) is 5.10 Å². The zero-order valence-corrected chi connectivity index (χ0v) is 17.3. The Morgan fingerprint density at radius 3 is 2.43 bits per heavy atom. The number of benzene rings is 1. The van der Waals surface area contributed by atoms with Gasteiger partial charge in [-0.25, -0.2) is 21.6 Å². The van der Waals surface area contributed by atoms with Crippen molar-refractivity contribution in [3.05, 3.63) is 34.7 Å². The molecule has 13 heteroatoms. The van der Waals surface area contributed by atoms with E-state index in [2.05, 4.69) is 20.3 Å². The average Bonchev–Trinajstić information content (AvgIpc) is 2.92. The molecule has 0 bridgehead atoms. The molecule has 1 saturated heterocycles. The van der Waals surface area contributed by atoms with Crippen LogP contribution in [0.25, 0.3) is 0 Å². The molecule has 1 aliphatic heterocycles. The van der Waals surface area contributed by atoms with Gasteiger partial charge in [0.2, 0.25) is 0 Å². The van der Waals surface area contributed by atoms with Gasteiger partial charge in [-0.15, -0.1) is 5.10 Å². The van der Waals surface area contributed by atoms with E-state index in [1.54, 1.807) is 0 Å². The quantitative estimate of drug-likeness (QED) is 0.290. The van der Waals surface area contributed by atoms with E-state index in [4.69, 9.17) is 0 Å². The Kier molecular flexibility index (Phi) is 6.41. The molecule has 1 N–H and O–H groups in total. The molecule has 1 fully saturated rings. The molecule has 10 nitrogen and oxygen atoms in total. The first-order chi connectivity index (χ1) is 12.9. The minimum atomic E-state index is -3.74. The fourth-order valence-electron chi connectivity index (χ4n) is 1.96. The summed E-state index contributed by atoms with van der Waals surface area (Å²) in [5.74, 6) is -1.26. The maximum Gasteiger partial charge on any atom is 0.331 e. The molecule has 0 aliphatic carbocycles. The summed E-state index contributed by atoms with van der Waals surface area (Å²) >= 11 is 0.851. The highest BCUT2D eigenvalue weighted by atomic mass is 32.2. The molecule has 1 heterocycles. The monoisotopic (exact) mass is 445 g/mol. The van der Waals surface area contributed by atoms with Crippen LogP contribution in [0.3, 0.4) is 0 Å². The Balaban J connectivity index is 2.32. The molecule has 2 rings (SSSR count). The van der Waals surface area contributed by atoms with Gasteiger partial charge in [-0.3, -0.25) is 10.1 Å². The van der Waals surface area contributed by atoms with E-state index in [1.165, 1.54) is 19.2 Å². The number of hydrogen-bond acceptors (Lipinski definition) is 10. The van der Waals surface area contributed by atoms with Crippen LogP contribution in [0.5, 0.6) is 0 Å². The topological polar surface area (TPSA) is 148 Å². The van der Waals surface area contributed by atoms with Gasteiger partial charge in [0.1, 0.15) is 0 Å². The number of nitrogens with one attached hydrogen (secondary N) is 1. The van der Waals surface area contributed by atoms with E-state index in [-0.39, 0.29) is 25.4 Å². The first-order valence-electron chi connectivity index (χ1n) is 7.36. The number of hydrogen-bond donors (Lipinski definition) is 1. The number of nitrogens with zero attached hydrogens (tertiary/aromatic N) is 2. The molecule has 0 spiro atoms. The number of rotatable bonds is 5. The molecular formula is C15H15N3O7S3. The molecule has 0 atom stereocenters. The Labute approximate surface area is 165 Å². The highest BCUT2D eigenvalue weighted by Gasteiger charge is 2.25. The average molecular weight is 446 g/mol. The molecular weight excluding hydrogens is 430 g/mol. The van der Waals surface area contributed by atoms with Gasteiger partial charge in [0.25, 0.3) is 5.91 Å². The lowest BCUT2D eigenvalue weighted by Crippen LogP contribution is -2.19. The number of carbonyl (C=O) groups excluding carboxylic acids is 2. The summed E-state index contributed by atoms with van der Waals surface area (Å²) in [7, 11) is -6.16. The summed E-state index contributed by atoms with van der Waals surface area (Å²) in [4.78, 5) is 22.6. The molecule has 1 aliphatic rings. The molecule has 28 heavy (non-hydrogen) atoms. The van der Waals surface area contributed by atoms with Crippen LogP contribution in [0.1, 0.15) is 5.56 Å². The number of carbonyl (C=O) groups is 2. The minimum absolute atomic E-state index is 0.0649. The summed E-state index contributed by atoms with van der Waals surface area (Å²) in [6.45, 7) is 0. The first kappa shape index (κ1) is 21.8. The van der Waals surface area contributed by atoms with Crippen molar-refractivity contribution >= 4 is 54.7 Å². The molecule has 0 saturated carbocycles. The first-order valence-corrected chi connectivity index (χ1v) is 12.0. The van der Waals surface area contributed by atoms with Crippen molar-refractivity contribution < 1.29 is 31.2 Å². The second-order valence-corrected chi connectivity index (χ2v) is 10.5. The summed E-state index contributed by atoms with van der Waals surface area (Å²) in [6.07, 6.45) is 4.02. The van der Waals surface area contributed by atoms with Crippen LogP contribution in [0.15, 0.2) is 49.2 Å². The van der Waals surface area contributed by atoms with Crippen molar-refractivity contribution in [2.45, 2.75) is 9.79 Å². The third-order valence-corrected chi connectivity index (χ3v) is 6.42. The Bertz CT molecular complexity index is 1130. The smallest absolute Gasteiger partial charge is 0.331 e. The van der Waals surface area contributed by atoms with Crippen molar-refractivity contribution in [2.75, 3.05) is 19.6 Å². The van der Waals surface area contributed by atoms with E-state index < -0.39 is 31.6 Å². The number of methoxy groups -OCH3 is 1. The predicted octanol–water partition coefficient (Wildman–Crippen LogP) is 0.103. The van der Waals surface area contributed by atoms with Crippen LogP contribution in [0, 0.1) is 0 Å². The van der Waals surface area contributed by atoms with E-state index >= 15 is 0 Å². The molecule has 150 valence electrons. The van der Waals surface area contributed by atoms with Crippen molar-refractivity contribution in [2.24, 2.45) is 10.2 Å². The van der Waals surface area contributed by atoms with Crippen LogP contribution >= 0.6 is 11.8 Å². The van der Waals surface area contributed by atoms with Crippen molar-refractivity contribution in [1.29, 1.82) is 0 Å². The van der Waals surface area contributed by atoms with Crippen LogP contribution in [-0.4, -0.2) is 59.7 Å². The van der Waals surface area contributed by atoms with Crippen LogP contribution in [0.4, 0.5) is 0 Å². The molecule has 0 radical (unpaired) electrons. The lowest BCUT2D eigenvalue weighted by Gasteiger charge is -2.06. The molecule has 1 amide bonds. The minimum Gasteiger partial charge on any atom is -0.466 e. The number of ether oxygens (including phenoxy) is 1. The van der Waals surface area contributed by atoms with Gasteiger partial charge in [-0.1, -0.05) is 6.07 Å². The van der Waals surface area contributed by atoms with Crippen LogP contribution in [-0.2, 0) is 34.0 Å². The highest BCUT2D eigenvalue weighted by Crippen LogP contribution is 2.24. The number of amidine groups is 1. The summed E-state index contributed by atoms with van der Waals surface area (Å²) in [5, 5.41) is 9.94. The Morgan fingerprint density at radius 2 is 1.86 bits per heavy atom. The standard InChI is InChI=1S/C15H15N3O7S3/c1-25-13(19)7-11-14(20)17-15(26-11)18-16-8-9-4-5-10(27(2,21)22)6-12(9)28(3,23)24/h4-8H,1-3H3,(H,17,18,20)/b11-7+,16-8?. The van der Waals surface area contributed by atoms with E-state index in [0.29, 0.717) is 0 Å². The fourth-order valence-corrected chi connectivity index (χ4v) is 4.31. The molecule has 0 unspecified atom stereocenters. The Hall–Kier alpha value is -2.51. The summed E-state index contributed by atoms with van der Waals surface area (Å²) < 4.78 is 51.6. The van der Waals surface area contributed by atoms with E-state index in [0.717, 1.165) is 42.6 Å². The Morgan fingerprint density at radius 1 is 1.18 bits per heavy atom. The van der Waals surface area contributed by atoms with Gasteiger partial charge in [0, 0.05) is 24.2 Å². The lowest BCUT2D eigenvalue weighted by molar-refractivity contribution is -0.135. The van der Waals surface area contributed by atoms with E-state index in [1.807, 2.05) is 0 Å². The summed E-state index contributed by atoms with van der Waals surface area (Å²) in [5.41, 5.74) is 0.124. The van der Waals surface area contributed by atoms with Gasteiger partial charge >= 0.3 is 5.97 Å². The van der Waals surface area contributed by atoms with E-state index in [9.17, 15) is 26.4 Å². The highest BCUT2D eigenvalue weighted by molar-refractivity contribution is 8.18. The van der Waals surface area contributed by atoms with Crippen molar-refractivity contribution in [1.82, 2.24) is 5.32 Å². The third-order valence-electron chi connectivity index (χ3n) is 3.26. The van der Waals surface area contributed by atoms with Gasteiger partial charge in [0.15, 0.2) is 24.8 Å². The number of esters is 1. The lowest BCUT2D eigenvalue weighted by atomic mass is 10.2. The van der Waals surface area contributed by atoms with Gasteiger partial charge < -0.3 is 4.74 Å². The zero-order chi connectivity index (χ0) is 21.1. The molecule has 0 aromatic heterocycles. The maximum absolute atomic E-state index is 12.0. The predicted molar refractivity (Wildman–Crippen MR) is 104 cm³/mol. The molecule has 1 aromatic rings. The number of sulfone groups is 2.